The highest BCUT2D eigenvalue weighted by atomic mass is 19.4. The highest BCUT2D eigenvalue weighted by molar-refractivity contribution is 5.95. The summed E-state index contributed by atoms with van der Waals surface area (Å²) in [6, 6.07) is 11.1. The molecule has 12 heteroatoms. The second-order valence-corrected chi connectivity index (χ2v) is 7.35. The van der Waals surface area contributed by atoms with Gasteiger partial charge in [0.05, 0.1) is 30.5 Å². The van der Waals surface area contributed by atoms with E-state index < -0.39 is 29.5 Å². The number of nitriles is 1. The summed E-state index contributed by atoms with van der Waals surface area (Å²) in [5.74, 6) is -1.62. The van der Waals surface area contributed by atoms with Crippen LogP contribution in [0.4, 0.5) is 13.2 Å². The summed E-state index contributed by atoms with van der Waals surface area (Å²) in [6.07, 6.45) is -3.18. The second kappa shape index (κ2) is 9.70. The fourth-order valence-corrected chi connectivity index (χ4v) is 2.92. The lowest BCUT2D eigenvalue weighted by Crippen LogP contribution is -2.46. The molecular weight excluding hydrogens is 457 g/mol. The average Bonchev–Trinajstić information content (AvgIpc) is 3.19. The van der Waals surface area contributed by atoms with Gasteiger partial charge in [-0.25, -0.2) is 4.79 Å². The van der Waals surface area contributed by atoms with E-state index in [0.717, 1.165) is 24.3 Å². The van der Waals surface area contributed by atoms with Gasteiger partial charge >= 0.3 is 12.3 Å². The minimum atomic E-state index is -4.84. The summed E-state index contributed by atoms with van der Waals surface area (Å²) >= 11 is 0. The van der Waals surface area contributed by atoms with Gasteiger partial charge < -0.3 is 19.6 Å². The van der Waals surface area contributed by atoms with Gasteiger partial charge in [-0.3, -0.25) is 4.79 Å². The van der Waals surface area contributed by atoms with Crippen molar-refractivity contribution in [2.45, 2.75) is 25.2 Å². The molecule has 3 rings (SSSR count). The Labute approximate surface area is 191 Å². The maximum absolute atomic E-state index is 12.5. The summed E-state index contributed by atoms with van der Waals surface area (Å²) < 4.78 is 45.2. The topological polar surface area (TPSA) is 115 Å². The molecule has 0 aliphatic heterocycles. The molecule has 3 aromatic rings. The molecule has 178 valence electrons. The van der Waals surface area contributed by atoms with E-state index >= 15 is 0 Å². The van der Waals surface area contributed by atoms with Crippen LogP contribution in [0.25, 0.3) is 10.9 Å². The van der Waals surface area contributed by atoms with Gasteiger partial charge in [0.2, 0.25) is 0 Å². The highest BCUT2D eigenvalue weighted by Gasteiger charge is 2.31. The first-order valence-corrected chi connectivity index (χ1v) is 9.82. The third kappa shape index (κ3) is 6.16. The van der Waals surface area contributed by atoms with Crippen LogP contribution in [0.1, 0.15) is 34.1 Å². The lowest BCUT2D eigenvalue weighted by molar-refractivity contribution is -0.274. The second-order valence-electron chi connectivity index (χ2n) is 7.35. The van der Waals surface area contributed by atoms with E-state index in [0.29, 0.717) is 16.5 Å². The average molecular weight is 476 g/mol. The molecular formula is C22H19F3N4O5. The van der Waals surface area contributed by atoms with E-state index in [-0.39, 0.29) is 18.6 Å². The number of fused-ring (bicyclic) bond motifs is 1. The highest BCUT2D eigenvalue weighted by Crippen LogP contribution is 2.23. The lowest BCUT2D eigenvalue weighted by atomic mass is 9.99. The van der Waals surface area contributed by atoms with Crippen molar-refractivity contribution in [3.63, 3.8) is 0 Å². The van der Waals surface area contributed by atoms with Gasteiger partial charge in [-0.05, 0) is 43.3 Å². The Morgan fingerprint density at radius 1 is 1.15 bits per heavy atom. The first-order chi connectivity index (χ1) is 16.0. The number of carbonyl (C=O) groups is 2. The number of hydrogen-bond acceptors (Lipinski definition) is 7. The number of ether oxygens (including phenoxy) is 2. The predicted molar refractivity (Wildman–Crippen MR) is 112 cm³/mol. The molecule has 0 fully saturated rings. The molecule has 1 unspecified atom stereocenters. The molecule has 1 N–H and O–H groups in total. The molecule has 0 radical (unpaired) electrons. The molecule has 1 atom stereocenters. The van der Waals surface area contributed by atoms with Crippen LogP contribution < -0.4 is 14.9 Å². The maximum Gasteiger partial charge on any atom is 0.573 e. The summed E-state index contributed by atoms with van der Waals surface area (Å²) in [5, 5.41) is 17.0. The van der Waals surface area contributed by atoms with Gasteiger partial charge in [-0.2, -0.15) is 5.26 Å². The van der Waals surface area contributed by atoms with Crippen molar-refractivity contribution in [1.82, 2.24) is 15.3 Å². The number of benzene rings is 2. The number of nitrogens with zero attached hydrogens (tertiary/aromatic N) is 3. The predicted octanol–water partition coefficient (Wildman–Crippen LogP) is 3.25. The molecule has 2 aromatic carbocycles. The molecule has 0 bridgehead atoms. The fourth-order valence-electron chi connectivity index (χ4n) is 2.92. The van der Waals surface area contributed by atoms with Crippen LogP contribution in [0.2, 0.25) is 0 Å². The van der Waals surface area contributed by atoms with Crippen molar-refractivity contribution < 1.29 is 37.1 Å². The minimum absolute atomic E-state index is 0.000544. The van der Waals surface area contributed by atoms with Crippen LogP contribution >= 0.6 is 0 Å². The molecule has 1 aromatic heterocycles. The van der Waals surface area contributed by atoms with Gasteiger partial charge in [-0.15, -0.1) is 23.1 Å². The van der Waals surface area contributed by atoms with E-state index in [4.69, 9.17) is 4.84 Å². The summed E-state index contributed by atoms with van der Waals surface area (Å²) in [5.41, 5.74) is -0.449. The number of alkyl halides is 3. The van der Waals surface area contributed by atoms with Crippen molar-refractivity contribution >= 4 is 22.8 Å². The van der Waals surface area contributed by atoms with Gasteiger partial charge in [0.15, 0.2) is 0 Å². The smallest absolute Gasteiger partial charge is 0.465 e. The van der Waals surface area contributed by atoms with E-state index in [1.165, 1.54) is 18.9 Å². The van der Waals surface area contributed by atoms with Crippen LogP contribution in [0, 0.1) is 11.3 Å². The van der Waals surface area contributed by atoms with E-state index in [1.807, 2.05) is 6.07 Å². The van der Waals surface area contributed by atoms with Gasteiger partial charge in [0, 0.05) is 17.4 Å². The Bertz CT molecular complexity index is 1230. The molecule has 0 saturated heterocycles. The number of rotatable bonds is 8. The third-order valence-corrected chi connectivity index (χ3v) is 4.72. The molecule has 0 saturated carbocycles. The van der Waals surface area contributed by atoms with Crippen molar-refractivity contribution in [2.24, 2.45) is 0 Å². The number of methoxy groups -OCH3 is 1. The van der Waals surface area contributed by atoms with Crippen LogP contribution in [-0.2, 0) is 4.74 Å². The Balaban J connectivity index is 1.59. The maximum atomic E-state index is 12.5. The molecule has 1 amide bonds. The van der Waals surface area contributed by atoms with Crippen molar-refractivity contribution in [3.05, 3.63) is 59.8 Å². The number of aromatic nitrogens is 2. The number of nitrogens with one attached hydrogen (secondary N) is 1. The first-order valence-electron chi connectivity index (χ1n) is 9.82. The van der Waals surface area contributed by atoms with Crippen LogP contribution in [-0.4, -0.2) is 47.4 Å². The largest absolute Gasteiger partial charge is 0.573 e. The van der Waals surface area contributed by atoms with E-state index in [2.05, 4.69) is 19.9 Å². The number of halogens is 3. The molecule has 0 spiro atoms. The lowest BCUT2D eigenvalue weighted by Gasteiger charge is -2.23. The van der Waals surface area contributed by atoms with E-state index in [1.54, 1.807) is 24.4 Å². The monoisotopic (exact) mass is 476 g/mol. The third-order valence-electron chi connectivity index (χ3n) is 4.72. The zero-order chi connectivity index (χ0) is 24.9. The molecule has 9 nitrogen and oxygen atoms in total. The SMILES string of the molecule is COC(=O)c1ccc2cn(OCCC(C)(C#N)NC(=O)c3ccc(OC(F)(F)F)cc3)nc2c1. The number of carbonyl (C=O) groups excluding carboxylic acids is 2. The molecule has 0 aliphatic carbocycles. The van der Waals surface area contributed by atoms with Crippen molar-refractivity contribution in [3.8, 4) is 11.8 Å². The fraction of sp³-hybridized carbons (Fsp3) is 0.273. The molecule has 1 heterocycles. The van der Waals surface area contributed by atoms with Gasteiger partial charge in [-0.1, -0.05) is 6.07 Å². The molecule has 0 aliphatic rings. The summed E-state index contributed by atoms with van der Waals surface area (Å²) in [6.45, 7) is 1.48. The quantitative estimate of drug-likeness (QED) is 0.496. The summed E-state index contributed by atoms with van der Waals surface area (Å²) in [7, 11) is 1.27. The van der Waals surface area contributed by atoms with Crippen molar-refractivity contribution in [1.29, 1.82) is 5.26 Å². The Hall–Kier alpha value is -4.27. The standard InChI is InChI=1S/C22H19F3N4O5/c1-21(13-26,27-19(30)14-5-7-17(8-6-14)34-22(23,24)25)9-10-33-29-12-16-4-3-15(20(31)32-2)11-18(16)28-29/h3-8,11-12H,9-10H2,1-2H3,(H,27,30). The van der Waals surface area contributed by atoms with Gasteiger partial charge in [0.1, 0.15) is 17.9 Å². The van der Waals surface area contributed by atoms with Crippen molar-refractivity contribution in [2.75, 3.05) is 13.7 Å². The number of hydrogen-bond donors (Lipinski definition) is 1. The minimum Gasteiger partial charge on any atom is -0.465 e. The zero-order valence-corrected chi connectivity index (χ0v) is 18.0. The summed E-state index contributed by atoms with van der Waals surface area (Å²) in [4.78, 5) is 30.8. The van der Waals surface area contributed by atoms with Crippen LogP contribution in [0.5, 0.6) is 5.75 Å². The Morgan fingerprint density at radius 2 is 1.82 bits per heavy atom. The molecule has 34 heavy (non-hydrogen) atoms. The number of amides is 1. The Kier molecular flexibility index (Phi) is 6.95. The Morgan fingerprint density at radius 3 is 2.44 bits per heavy atom. The zero-order valence-electron chi connectivity index (χ0n) is 18.0. The number of esters is 1. The van der Waals surface area contributed by atoms with Crippen LogP contribution in [0.3, 0.4) is 0 Å². The van der Waals surface area contributed by atoms with Crippen LogP contribution in [0.15, 0.2) is 48.7 Å². The van der Waals surface area contributed by atoms with Gasteiger partial charge in [0.25, 0.3) is 5.91 Å². The normalized spacial score (nSPS) is 12.9. The van der Waals surface area contributed by atoms with E-state index in [9.17, 15) is 28.0 Å². The first kappa shape index (κ1) is 24.4.